The maximum atomic E-state index is 11.9. The van der Waals surface area contributed by atoms with E-state index < -0.39 is 0 Å². The smallest absolute Gasteiger partial charge is 0.260 e. The van der Waals surface area contributed by atoms with Gasteiger partial charge in [-0.1, -0.05) is 17.7 Å². The number of ether oxygens (including phenoxy) is 1. The van der Waals surface area contributed by atoms with E-state index in [1.54, 1.807) is 0 Å². The number of piperidine rings is 1. The Bertz CT molecular complexity index is 397. The van der Waals surface area contributed by atoms with Crippen molar-refractivity contribution in [1.29, 1.82) is 0 Å². The molecule has 2 rings (SSSR count). The van der Waals surface area contributed by atoms with Crippen LogP contribution in [0.4, 0.5) is 0 Å². The molecule has 0 spiro atoms. The topological polar surface area (TPSA) is 29.5 Å². The highest BCUT2D eigenvalue weighted by Crippen LogP contribution is 2.16. The number of alkyl halides is 1. The Hall–Kier alpha value is -1.22. The molecule has 0 radical (unpaired) electrons. The molecule has 0 unspecified atom stereocenters. The third-order valence-electron chi connectivity index (χ3n) is 3.16. The van der Waals surface area contributed by atoms with Crippen molar-refractivity contribution >= 4 is 17.5 Å². The molecule has 1 heterocycles. The number of rotatable bonds is 3. The van der Waals surface area contributed by atoms with Crippen LogP contribution in [-0.2, 0) is 4.79 Å². The Balaban J connectivity index is 1.79. The van der Waals surface area contributed by atoms with E-state index in [0.29, 0.717) is 0 Å². The summed E-state index contributed by atoms with van der Waals surface area (Å²) < 4.78 is 5.48. The van der Waals surface area contributed by atoms with Crippen molar-refractivity contribution in [2.75, 3.05) is 19.7 Å². The van der Waals surface area contributed by atoms with Crippen molar-refractivity contribution in [3.63, 3.8) is 0 Å². The normalized spacial score (nSPS) is 16.7. The largest absolute Gasteiger partial charge is 0.484 e. The van der Waals surface area contributed by atoms with Crippen LogP contribution in [-0.4, -0.2) is 35.9 Å². The minimum atomic E-state index is 0.0409. The molecule has 0 atom stereocenters. The first-order valence-corrected chi connectivity index (χ1v) is 6.70. The van der Waals surface area contributed by atoms with E-state index in [4.69, 9.17) is 16.3 Å². The third kappa shape index (κ3) is 3.64. The third-order valence-corrected chi connectivity index (χ3v) is 3.60. The highest BCUT2D eigenvalue weighted by Gasteiger charge is 2.21. The quantitative estimate of drug-likeness (QED) is 0.788. The van der Waals surface area contributed by atoms with Crippen LogP contribution in [0.15, 0.2) is 24.3 Å². The summed E-state index contributed by atoms with van der Waals surface area (Å²) in [5.41, 5.74) is 1.18. The van der Waals surface area contributed by atoms with Crippen LogP contribution in [0.1, 0.15) is 18.4 Å². The zero-order valence-electron chi connectivity index (χ0n) is 10.6. The van der Waals surface area contributed by atoms with Gasteiger partial charge in [-0.25, -0.2) is 0 Å². The monoisotopic (exact) mass is 267 g/mol. The van der Waals surface area contributed by atoms with Gasteiger partial charge in [-0.2, -0.15) is 0 Å². The van der Waals surface area contributed by atoms with E-state index in [2.05, 4.69) is 0 Å². The second-order valence-electron chi connectivity index (χ2n) is 4.66. The van der Waals surface area contributed by atoms with Gasteiger partial charge in [0, 0.05) is 18.5 Å². The van der Waals surface area contributed by atoms with Gasteiger partial charge in [-0.15, -0.1) is 11.6 Å². The van der Waals surface area contributed by atoms with Gasteiger partial charge in [0.25, 0.3) is 5.91 Å². The molecule has 1 aliphatic rings. The van der Waals surface area contributed by atoms with Gasteiger partial charge in [0.05, 0.1) is 0 Å². The molecule has 1 amide bonds. The molecule has 18 heavy (non-hydrogen) atoms. The molecule has 0 aromatic heterocycles. The number of amides is 1. The minimum absolute atomic E-state index is 0.0409. The van der Waals surface area contributed by atoms with Gasteiger partial charge in [0.2, 0.25) is 0 Å². The van der Waals surface area contributed by atoms with Crippen LogP contribution < -0.4 is 4.74 Å². The molecule has 1 aromatic carbocycles. The van der Waals surface area contributed by atoms with E-state index in [9.17, 15) is 4.79 Å². The van der Waals surface area contributed by atoms with Crippen LogP contribution >= 0.6 is 11.6 Å². The lowest BCUT2D eigenvalue weighted by Gasteiger charge is -2.29. The highest BCUT2D eigenvalue weighted by atomic mass is 35.5. The molecule has 0 bridgehead atoms. The number of hydrogen-bond acceptors (Lipinski definition) is 2. The number of likely N-dealkylation sites (tertiary alicyclic amines) is 1. The van der Waals surface area contributed by atoms with Gasteiger partial charge in [-0.3, -0.25) is 4.79 Å². The summed E-state index contributed by atoms with van der Waals surface area (Å²) in [4.78, 5) is 13.7. The lowest BCUT2D eigenvalue weighted by molar-refractivity contribution is -0.134. The molecule has 3 nitrogen and oxygen atoms in total. The molecule has 0 saturated carbocycles. The molecule has 98 valence electrons. The van der Waals surface area contributed by atoms with Crippen molar-refractivity contribution in [3.05, 3.63) is 29.8 Å². The number of carbonyl (C=O) groups is 1. The van der Waals surface area contributed by atoms with Crippen molar-refractivity contribution in [2.24, 2.45) is 0 Å². The summed E-state index contributed by atoms with van der Waals surface area (Å²) in [5, 5.41) is 0.215. The number of aryl methyl sites for hydroxylation is 1. The van der Waals surface area contributed by atoms with Gasteiger partial charge in [0.15, 0.2) is 6.61 Å². The van der Waals surface area contributed by atoms with E-state index in [1.807, 2.05) is 36.1 Å². The van der Waals surface area contributed by atoms with Gasteiger partial charge < -0.3 is 9.64 Å². The molecule has 1 aromatic rings. The predicted octanol–water partition coefficient (Wildman–Crippen LogP) is 2.60. The van der Waals surface area contributed by atoms with Crippen LogP contribution in [0.3, 0.4) is 0 Å². The average molecular weight is 268 g/mol. The van der Waals surface area contributed by atoms with Crippen molar-refractivity contribution < 1.29 is 9.53 Å². The van der Waals surface area contributed by atoms with Crippen LogP contribution in [0, 0.1) is 6.92 Å². The van der Waals surface area contributed by atoms with E-state index in [1.165, 1.54) is 5.56 Å². The van der Waals surface area contributed by atoms with Crippen LogP contribution in [0.25, 0.3) is 0 Å². The molecule has 4 heteroatoms. The first-order chi connectivity index (χ1) is 8.65. The molecule has 1 aliphatic heterocycles. The fraction of sp³-hybridized carbons (Fsp3) is 0.500. The number of hydrogen-bond donors (Lipinski definition) is 0. The fourth-order valence-electron chi connectivity index (χ4n) is 1.97. The predicted molar refractivity (Wildman–Crippen MR) is 72.1 cm³/mol. The fourth-order valence-corrected chi connectivity index (χ4v) is 2.16. The van der Waals surface area contributed by atoms with Gasteiger partial charge >= 0.3 is 0 Å². The summed E-state index contributed by atoms with van der Waals surface area (Å²) in [5.74, 6) is 0.778. The summed E-state index contributed by atoms with van der Waals surface area (Å²) in [6, 6.07) is 7.71. The molecule has 0 N–H and O–H groups in total. The zero-order chi connectivity index (χ0) is 13.0. The highest BCUT2D eigenvalue weighted by molar-refractivity contribution is 6.20. The standard InChI is InChI=1S/C14H18ClNO2/c1-11-2-4-13(5-3-11)18-10-14(17)16-8-6-12(15)7-9-16/h2-5,12H,6-10H2,1H3. The van der Waals surface area contributed by atoms with Gasteiger partial charge in [0.1, 0.15) is 5.75 Å². The summed E-state index contributed by atoms with van der Waals surface area (Å²) in [7, 11) is 0. The number of benzene rings is 1. The molecular formula is C14H18ClNO2. The first kappa shape index (κ1) is 13.2. The zero-order valence-corrected chi connectivity index (χ0v) is 11.3. The maximum Gasteiger partial charge on any atom is 0.260 e. The Morgan fingerprint density at radius 2 is 1.94 bits per heavy atom. The summed E-state index contributed by atoms with van der Waals surface area (Å²) in [6.07, 6.45) is 1.75. The molecule has 1 saturated heterocycles. The Kier molecular flexibility index (Phi) is 4.48. The lowest BCUT2D eigenvalue weighted by atomic mass is 10.1. The van der Waals surface area contributed by atoms with Gasteiger partial charge in [-0.05, 0) is 31.9 Å². The van der Waals surface area contributed by atoms with Crippen molar-refractivity contribution in [3.8, 4) is 5.75 Å². The maximum absolute atomic E-state index is 11.9. The molecule has 0 aliphatic carbocycles. The summed E-state index contributed by atoms with van der Waals surface area (Å²) in [6.45, 7) is 3.61. The SMILES string of the molecule is Cc1ccc(OCC(=O)N2CCC(Cl)CC2)cc1. The minimum Gasteiger partial charge on any atom is -0.484 e. The number of halogens is 1. The molecule has 1 fully saturated rings. The van der Waals surface area contributed by atoms with Crippen molar-refractivity contribution in [1.82, 2.24) is 4.90 Å². The summed E-state index contributed by atoms with van der Waals surface area (Å²) >= 11 is 6.01. The van der Waals surface area contributed by atoms with E-state index in [-0.39, 0.29) is 17.9 Å². The Morgan fingerprint density at radius 3 is 2.56 bits per heavy atom. The van der Waals surface area contributed by atoms with E-state index >= 15 is 0 Å². The average Bonchev–Trinajstić information content (AvgIpc) is 2.38. The number of carbonyl (C=O) groups excluding carboxylic acids is 1. The van der Waals surface area contributed by atoms with Crippen LogP contribution in [0.2, 0.25) is 0 Å². The lowest BCUT2D eigenvalue weighted by Crippen LogP contribution is -2.41. The Labute approximate surface area is 113 Å². The number of nitrogens with zero attached hydrogens (tertiary/aromatic N) is 1. The van der Waals surface area contributed by atoms with E-state index in [0.717, 1.165) is 31.7 Å². The van der Waals surface area contributed by atoms with Crippen molar-refractivity contribution in [2.45, 2.75) is 25.1 Å². The second-order valence-corrected chi connectivity index (χ2v) is 5.27. The first-order valence-electron chi connectivity index (χ1n) is 6.26. The Morgan fingerprint density at radius 1 is 1.33 bits per heavy atom. The van der Waals surface area contributed by atoms with Crippen LogP contribution in [0.5, 0.6) is 5.75 Å². The second kappa shape index (κ2) is 6.10. The molecular weight excluding hydrogens is 250 g/mol.